The molecule has 1 heterocycles. The first-order chi connectivity index (χ1) is 8.33. The smallest absolute Gasteiger partial charge is 0.338 e. The standard InChI is InChI=1S/C14H13NO2/c1-2-17-14(16)13-8-4-3-7-12(13)11-6-5-9-15-10-11/h3-10H,2H2,1H3. The number of hydrogen-bond donors (Lipinski definition) is 0. The Bertz CT molecular complexity index is 509. The van der Waals surface area contributed by atoms with Crippen molar-refractivity contribution in [1.29, 1.82) is 0 Å². The van der Waals surface area contributed by atoms with Gasteiger partial charge in [0, 0.05) is 18.0 Å². The van der Waals surface area contributed by atoms with Crippen LogP contribution in [0.4, 0.5) is 0 Å². The molecule has 3 heteroatoms. The zero-order valence-electron chi connectivity index (χ0n) is 9.59. The Balaban J connectivity index is 2.45. The summed E-state index contributed by atoms with van der Waals surface area (Å²) in [4.78, 5) is 15.9. The van der Waals surface area contributed by atoms with Gasteiger partial charge in [-0.25, -0.2) is 4.79 Å². The molecule has 0 radical (unpaired) electrons. The summed E-state index contributed by atoms with van der Waals surface area (Å²) in [7, 11) is 0. The van der Waals surface area contributed by atoms with Crippen LogP contribution >= 0.6 is 0 Å². The first kappa shape index (κ1) is 11.3. The molecule has 0 spiro atoms. The second-order valence-electron chi connectivity index (χ2n) is 3.51. The van der Waals surface area contributed by atoms with Crippen molar-refractivity contribution in [2.24, 2.45) is 0 Å². The van der Waals surface area contributed by atoms with Crippen LogP contribution in [0.1, 0.15) is 17.3 Å². The molecule has 2 rings (SSSR count). The number of benzene rings is 1. The Labute approximate surface area is 100 Å². The number of aromatic nitrogens is 1. The van der Waals surface area contributed by atoms with E-state index in [2.05, 4.69) is 4.98 Å². The highest BCUT2D eigenvalue weighted by molar-refractivity contribution is 5.97. The molecule has 0 aliphatic heterocycles. The monoisotopic (exact) mass is 227 g/mol. The third kappa shape index (κ3) is 2.50. The van der Waals surface area contributed by atoms with Gasteiger partial charge in [-0.15, -0.1) is 0 Å². The van der Waals surface area contributed by atoms with E-state index in [0.29, 0.717) is 12.2 Å². The predicted octanol–water partition coefficient (Wildman–Crippen LogP) is 2.93. The summed E-state index contributed by atoms with van der Waals surface area (Å²) < 4.78 is 5.03. The van der Waals surface area contributed by atoms with Crippen molar-refractivity contribution in [3.8, 4) is 11.1 Å². The van der Waals surface area contributed by atoms with Crippen LogP contribution in [-0.4, -0.2) is 17.6 Å². The first-order valence-corrected chi connectivity index (χ1v) is 5.49. The van der Waals surface area contributed by atoms with Crippen molar-refractivity contribution in [1.82, 2.24) is 4.98 Å². The lowest BCUT2D eigenvalue weighted by molar-refractivity contribution is 0.0527. The molecule has 3 nitrogen and oxygen atoms in total. The summed E-state index contributed by atoms with van der Waals surface area (Å²) in [5.74, 6) is -0.299. The normalized spacial score (nSPS) is 9.94. The van der Waals surface area contributed by atoms with E-state index in [1.54, 1.807) is 25.4 Å². The van der Waals surface area contributed by atoms with Gasteiger partial charge in [-0.05, 0) is 24.6 Å². The van der Waals surface area contributed by atoms with Gasteiger partial charge in [-0.3, -0.25) is 4.98 Å². The minimum Gasteiger partial charge on any atom is -0.462 e. The van der Waals surface area contributed by atoms with Gasteiger partial charge >= 0.3 is 5.97 Å². The summed E-state index contributed by atoms with van der Waals surface area (Å²) in [6.45, 7) is 2.17. The SMILES string of the molecule is CCOC(=O)c1ccccc1-c1cccnc1. The van der Waals surface area contributed by atoms with Crippen molar-refractivity contribution >= 4 is 5.97 Å². The fraction of sp³-hybridized carbons (Fsp3) is 0.143. The number of carbonyl (C=O) groups excluding carboxylic acids is 1. The highest BCUT2D eigenvalue weighted by Crippen LogP contribution is 2.23. The Morgan fingerprint density at radius 3 is 2.76 bits per heavy atom. The minimum atomic E-state index is -0.299. The van der Waals surface area contributed by atoms with E-state index in [9.17, 15) is 4.79 Å². The van der Waals surface area contributed by atoms with Crippen LogP contribution < -0.4 is 0 Å². The topological polar surface area (TPSA) is 39.2 Å². The van der Waals surface area contributed by atoms with Crippen LogP contribution in [0.2, 0.25) is 0 Å². The van der Waals surface area contributed by atoms with Gasteiger partial charge in [-0.1, -0.05) is 24.3 Å². The van der Waals surface area contributed by atoms with Gasteiger partial charge in [0.05, 0.1) is 12.2 Å². The van der Waals surface area contributed by atoms with Crippen molar-refractivity contribution in [3.63, 3.8) is 0 Å². The molecule has 1 aromatic heterocycles. The third-order valence-corrected chi connectivity index (χ3v) is 2.39. The predicted molar refractivity (Wildman–Crippen MR) is 65.6 cm³/mol. The summed E-state index contributed by atoms with van der Waals surface area (Å²) in [6.07, 6.45) is 3.44. The number of hydrogen-bond acceptors (Lipinski definition) is 3. The van der Waals surface area contributed by atoms with E-state index in [1.807, 2.05) is 30.3 Å². The maximum Gasteiger partial charge on any atom is 0.338 e. The molecule has 1 aromatic carbocycles. The summed E-state index contributed by atoms with van der Waals surface area (Å²) in [5, 5.41) is 0. The van der Waals surface area contributed by atoms with Gasteiger partial charge < -0.3 is 4.74 Å². The van der Waals surface area contributed by atoms with Gasteiger partial charge in [0.1, 0.15) is 0 Å². The molecule has 2 aromatic rings. The maximum absolute atomic E-state index is 11.8. The van der Waals surface area contributed by atoms with Crippen molar-refractivity contribution in [2.75, 3.05) is 6.61 Å². The molecule has 0 saturated heterocycles. The number of rotatable bonds is 3. The van der Waals surface area contributed by atoms with Gasteiger partial charge in [0.2, 0.25) is 0 Å². The minimum absolute atomic E-state index is 0.299. The molecular weight excluding hydrogens is 214 g/mol. The van der Waals surface area contributed by atoms with Crippen LogP contribution in [0, 0.1) is 0 Å². The number of nitrogens with zero attached hydrogens (tertiary/aromatic N) is 1. The quantitative estimate of drug-likeness (QED) is 0.757. The van der Waals surface area contributed by atoms with Crippen LogP contribution in [0.5, 0.6) is 0 Å². The number of carbonyl (C=O) groups is 1. The fourth-order valence-corrected chi connectivity index (χ4v) is 1.64. The first-order valence-electron chi connectivity index (χ1n) is 5.49. The molecule has 0 amide bonds. The Kier molecular flexibility index (Phi) is 3.50. The van der Waals surface area contributed by atoms with Gasteiger partial charge in [0.25, 0.3) is 0 Å². The highest BCUT2D eigenvalue weighted by Gasteiger charge is 2.12. The second-order valence-corrected chi connectivity index (χ2v) is 3.51. The van der Waals surface area contributed by atoms with E-state index < -0.39 is 0 Å². The van der Waals surface area contributed by atoms with Gasteiger partial charge in [0.15, 0.2) is 0 Å². The Morgan fingerprint density at radius 2 is 2.06 bits per heavy atom. The lowest BCUT2D eigenvalue weighted by Crippen LogP contribution is -2.06. The molecule has 0 unspecified atom stereocenters. The van der Waals surface area contributed by atoms with E-state index in [0.717, 1.165) is 11.1 Å². The van der Waals surface area contributed by atoms with E-state index in [-0.39, 0.29) is 5.97 Å². The lowest BCUT2D eigenvalue weighted by Gasteiger charge is -2.08. The van der Waals surface area contributed by atoms with E-state index in [1.165, 1.54) is 0 Å². The van der Waals surface area contributed by atoms with Crippen LogP contribution in [0.15, 0.2) is 48.8 Å². The van der Waals surface area contributed by atoms with Crippen LogP contribution in [0.3, 0.4) is 0 Å². The zero-order chi connectivity index (χ0) is 12.1. The molecule has 0 bridgehead atoms. The maximum atomic E-state index is 11.8. The average Bonchev–Trinajstić information content (AvgIpc) is 2.40. The molecule has 0 fully saturated rings. The largest absolute Gasteiger partial charge is 0.462 e. The molecule has 0 atom stereocenters. The van der Waals surface area contributed by atoms with E-state index >= 15 is 0 Å². The highest BCUT2D eigenvalue weighted by atomic mass is 16.5. The molecule has 0 aliphatic carbocycles. The Hall–Kier alpha value is -2.16. The number of ether oxygens (including phenoxy) is 1. The summed E-state index contributed by atoms with van der Waals surface area (Å²) in [5.41, 5.74) is 2.33. The lowest BCUT2D eigenvalue weighted by atomic mass is 10.0. The molecule has 86 valence electrons. The Morgan fingerprint density at radius 1 is 1.24 bits per heavy atom. The average molecular weight is 227 g/mol. The second kappa shape index (κ2) is 5.25. The van der Waals surface area contributed by atoms with Crippen LogP contribution in [0.25, 0.3) is 11.1 Å². The molecule has 0 saturated carbocycles. The van der Waals surface area contributed by atoms with E-state index in [4.69, 9.17) is 4.74 Å². The molecular formula is C14H13NO2. The van der Waals surface area contributed by atoms with Gasteiger partial charge in [-0.2, -0.15) is 0 Å². The summed E-state index contributed by atoms with van der Waals surface area (Å²) >= 11 is 0. The number of pyridine rings is 1. The molecule has 0 aliphatic rings. The summed E-state index contributed by atoms with van der Waals surface area (Å²) in [6, 6.07) is 11.1. The third-order valence-electron chi connectivity index (χ3n) is 2.39. The molecule has 0 N–H and O–H groups in total. The van der Waals surface area contributed by atoms with Crippen molar-refractivity contribution < 1.29 is 9.53 Å². The zero-order valence-corrected chi connectivity index (χ0v) is 9.59. The van der Waals surface area contributed by atoms with Crippen LogP contribution in [-0.2, 0) is 4.74 Å². The van der Waals surface area contributed by atoms with Crippen molar-refractivity contribution in [3.05, 3.63) is 54.4 Å². The number of esters is 1. The fourth-order valence-electron chi connectivity index (χ4n) is 1.64. The van der Waals surface area contributed by atoms with Crippen molar-refractivity contribution in [2.45, 2.75) is 6.92 Å². The molecule has 17 heavy (non-hydrogen) atoms.